The topological polar surface area (TPSA) is 50.5 Å². The van der Waals surface area contributed by atoms with E-state index in [1.54, 1.807) is 10.8 Å². The van der Waals surface area contributed by atoms with Crippen molar-refractivity contribution in [1.82, 2.24) is 14.0 Å². The molecule has 170 valence electrons. The zero-order chi connectivity index (χ0) is 23.1. The summed E-state index contributed by atoms with van der Waals surface area (Å²) in [6.45, 7) is 7.65. The van der Waals surface area contributed by atoms with Gasteiger partial charge >= 0.3 is 0 Å². The van der Waals surface area contributed by atoms with Crippen LogP contribution in [0.15, 0.2) is 65.6 Å². The molecule has 0 spiro atoms. The number of aromatic nitrogens is 2. The second kappa shape index (κ2) is 8.43. The Hall–Kier alpha value is -3.54. The van der Waals surface area contributed by atoms with Crippen molar-refractivity contribution in [3.63, 3.8) is 0 Å². The van der Waals surface area contributed by atoms with Crippen molar-refractivity contribution in [3.05, 3.63) is 76.7 Å². The minimum absolute atomic E-state index is 0.00145. The lowest BCUT2D eigenvalue weighted by atomic mass is 10.1. The van der Waals surface area contributed by atoms with Crippen molar-refractivity contribution in [2.45, 2.75) is 20.4 Å². The first-order valence-corrected chi connectivity index (χ1v) is 11.7. The molecule has 5 rings (SSSR count). The maximum absolute atomic E-state index is 13.8. The highest BCUT2D eigenvalue weighted by Crippen LogP contribution is 2.30. The van der Waals surface area contributed by atoms with Gasteiger partial charge in [0.2, 0.25) is 0 Å². The van der Waals surface area contributed by atoms with Crippen LogP contribution in [-0.4, -0.2) is 46.1 Å². The number of fused-ring (bicyclic) bond motifs is 3. The van der Waals surface area contributed by atoms with Crippen LogP contribution in [0.3, 0.4) is 0 Å². The summed E-state index contributed by atoms with van der Waals surface area (Å²) in [7, 11) is 1.92. The van der Waals surface area contributed by atoms with Gasteiger partial charge in [0, 0.05) is 67.9 Å². The molecule has 0 saturated carbocycles. The molecule has 1 aliphatic rings. The molecule has 1 amide bonds. The lowest BCUT2D eigenvalue weighted by Crippen LogP contribution is -2.49. The first-order valence-electron chi connectivity index (χ1n) is 11.7. The SMILES string of the molecule is CC(C)Cn1cc(C(=O)N2CCN(c3ccccc3)CC2)c2c3ccccc3n(C)c2c1=O. The van der Waals surface area contributed by atoms with Crippen molar-refractivity contribution in [2.75, 3.05) is 31.1 Å². The fourth-order valence-corrected chi connectivity index (χ4v) is 5.00. The first kappa shape index (κ1) is 21.3. The molecule has 0 bridgehead atoms. The zero-order valence-electron chi connectivity index (χ0n) is 19.5. The Balaban J connectivity index is 1.57. The fourth-order valence-electron chi connectivity index (χ4n) is 5.00. The monoisotopic (exact) mass is 442 g/mol. The van der Waals surface area contributed by atoms with Gasteiger partial charge in [-0.2, -0.15) is 0 Å². The van der Waals surface area contributed by atoms with Gasteiger partial charge in [-0.25, -0.2) is 0 Å². The Morgan fingerprint density at radius 2 is 1.61 bits per heavy atom. The molecular weight excluding hydrogens is 412 g/mol. The molecule has 0 aliphatic carbocycles. The third-order valence-electron chi connectivity index (χ3n) is 6.61. The van der Waals surface area contributed by atoms with Crippen LogP contribution >= 0.6 is 0 Å². The van der Waals surface area contributed by atoms with E-state index in [-0.39, 0.29) is 11.5 Å². The van der Waals surface area contributed by atoms with Crippen molar-refractivity contribution in [1.29, 1.82) is 0 Å². The normalized spacial score (nSPS) is 14.5. The Morgan fingerprint density at radius 1 is 0.939 bits per heavy atom. The molecule has 0 unspecified atom stereocenters. The number of carbonyl (C=O) groups excluding carboxylic acids is 1. The van der Waals surface area contributed by atoms with Gasteiger partial charge in [0.05, 0.1) is 5.56 Å². The van der Waals surface area contributed by atoms with Crippen molar-refractivity contribution in [2.24, 2.45) is 13.0 Å². The molecule has 6 heteroatoms. The molecule has 2 aromatic carbocycles. The van der Waals surface area contributed by atoms with Gasteiger partial charge in [-0.1, -0.05) is 50.2 Å². The fraction of sp³-hybridized carbons (Fsp3) is 0.333. The average molecular weight is 443 g/mol. The van der Waals surface area contributed by atoms with E-state index in [9.17, 15) is 9.59 Å². The average Bonchev–Trinajstić information content (AvgIpc) is 3.14. The quantitative estimate of drug-likeness (QED) is 0.478. The summed E-state index contributed by atoms with van der Waals surface area (Å²) in [6.07, 6.45) is 1.79. The molecule has 1 fully saturated rings. The molecule has 2 aromatic heterocycles. The molecule has 1 saturated heterocycles. The Bertz CT molecular complexity index is 1380. The van der Waals surface area contributed by atoms with Gasteiger partial charge in [-0.05, 0) is 24.1 Å². The minimum atomic E-state index is -0.0390. The number of pyridine rings is 1. The highest BCUT2D eigenvalue weighted by Gasteiger charge is 2.27. The van der Waals surface area contributed by atoms with E-state index in [2.05, 4.69) is 30.9 Å². The van der Waals surface area contributed by atoms with Crippen LogP contribution in [-0.2, 0) is 13.6 Å². The number of hydrogen-bond acceptors (Lipinski definition) is 3. The molecule has 6 nitrogen and oxygen atoms in total. The summed E-state index contributed by atoms with van der Waals surface area (Å²) in [4.78, 5) is 31.5. The molecule has 1 aliphatic heterocycles. The largest absolute Gasteiger partial charge is 0.368 e. The number of benzene rings is 2. The smallest absolute Gasteiger partial charge is 0.275 e. The third kappa shape index (κ3) is 3.69. The summed E-state index contributed by atoms with van der Waals surface area (Å²) in [5, 5.41) is 1.73. The zero-order valence-corrected chi connectivity index (χ0v) is 19.5. The van der Waals surface area contributed by atoms with Gasteiger partial charge in [-0.3, -0.25) is 9.59 Å². The van der Waals surface area contributed by atoms with E-state index in [1.165, 1.54) is 5.69 Å². The van der Waals surface area contributed by atoms with Crippen LogP contribution < -0.4 is 10.5 Å². The maximum atomic E-state index is 13.8. The van der Waals surface area contributed by atoms with E-state index in [4.69, 9.17) is 0 Å². The van der Waals surface area contributed by atoms with Gasteiger partial charge in [-0.15, -0.1) is 0 Å². The molecule has 0 radical (unpaired) electrons. The van der Waals surface area contributed by atoms with Gasteiger partial charge < -0.3 is 18.9 Å². The van der Waals surface area contributed by atoms with E-state index in [1.807, 2.05) is 59.0 Å². The molecule has 33 heavy (non-hydrogen) atoms. The van der Waals surface area contributed by atoms with E-state index >= 15 is 0 Å². The molecular formula is C27H30N4O2. The van der Waals surface area contributed by atoms with Crippen molar-refractivity contribution >= 4 is 33.4 Å². The van der Waals surface area contributed by atoms with Crippen LogP contribution in [0.4, 0.5) is 5.69 Å². The van der Waals surface area contributed by atoms with Crippen LogP contribution in [0.2, 0.25) is 0 Å². The number of aryl methyl sites for hydroxylation is 1. The summed E-state index contributed by atoms with van der Waals surface area (Å²) in [5.41, 5.74) is 3.34. The Morgan fingerprint density at radius 3 is 2.30 bits per heavy atom. The Labute approximate surface area is 193 Å². The van der Waals surface area contributed by atoms with Crippen LogP contribution in [0.5, 0.6) is 0 Å². The second-order valence-corrected chi connectivity index (χ2v) is 9.31. The summed E-state index contributed by atoms with van der Waals surface area (Å²) in [5.74, 6) is 0.300. The van der Waals surface area contributed by atoms with Crippen molar-refractivity contribution < 1.29 is 4.79 Å². The molecule has 0 N–H and O–H groups in total. The lowest BCUT2D eigenvalue weighted by molar-refractivity contribution is 0.0748. The highest BCUT2D eigenvalue weighted by atomic mass is 16.2. The summed E-state index contributed by atoms with van der Waals surface area (Å²) in [6, 6.07) is 18.3. The van der Waals surface area contributed by atoms with Crippen LogP contribution in [0.25, 0.3) is 21.8 Å². The van der Waals surface area contributed by atoms with Crippen LogP contribution in [0.1, 0.15) is 24.2 Å². The first-order chi connectivity index (χ1) is 16.0. The number of amides is 1. The van der Waals surface area contributed by atoms with E-state index in [0.29, 0.717) is 36.6 Å². The maximum Gasteiger partial charge on any atom is 0.275 e. The third-order valence-corrected chi connectivity index (χ3v) is 6.61. The molecule has 0 atom stereocenters. The predicted octanol–water partition coefficient (Wildman–Crippen LogP) is 4.11. The number of carbonyl (C=O) groups is 1. The number of hydrogen-bond donors (Lipinski definition) is 0. The van der Waals surface area contributed by atoms with E-state index in [0.717, 1.165) is 29.4 Å². The van der Waals surface area contributed by atoms with Gasteiger partial charge in [0.25, 0.3) is 11.5 Å². The summed E-state index contributed by atoms with van der Waals surface area (Å²) >= 11 is 0. The predicted molar refractivity (Wildman–Crippen MR) is 134 cm³/mol. The number of nitrogens with zero attached hydrogens (tertiary/aromatic N) is 4. The van der Waals surface area contributed by atoms with Gasteiger partial charge in [0.15, 0.2) is 0 Å². The highest BCUT2D eigenvalue weighted by molar-refractivity contribution is 6.17. The lowest BCUT2D eigenvalue weighted by Gasteiger charge is -2.36. The van der Waals surface area contributed by atoms with Crippen molar-refractivity contribution in [3.8, 4) is 0 Å². The second-order valence-electron chi connectivity index (χ2n) is 9.31. The number of piperazine rings is 1. The van der Waals surface area contributed by atoms with Crippen LogP contribution in [0, 0.1) is 5.92 Å². The molecule has 4 aromatic rings. The Kier molecular flexibility index (Phi) is 5.44. The number of para-hydroxylation sites is 2. The van der Waals surface area contributed by atoms with E-state index < -0.39 is 0 Å². The summed E-state index contributed by atoms with van der Waals surface area (Å²) < 4.78 is 3.66. The van der Waals surface area contributed by atoms with Gasteiger partial charge in [0.1, 0.15) is 5.52 Å². The minimum Gasteiger partial charge on any atom is -0.368 e. The molecule has 3 heterocycles. The number of rotatable bonds is 4. The standard InChI is InChI=1S/C27H30N4O2/c1-19(2)17-31-18-22(24-21-11-7-8-12-23(21)28(3)25(24)27(31)33)26(32)30-15-13-29(14-16-30)20-9-5-4-6-10-20/h4-12,18-19H,13-17H2,1-3H3. The number of anilines is 1.